The molecule has 6 heteroatoms. The van der Waals surface area contributed by atoms with Crippen LogP contribution in [0.1, 0.15) is 20.8 Å². The Hall–Kier alpha value is -1.10. The van der Waals surface area contributed by atoms with Gasteiger partial charge in [-0.25, -0.2) is 0 Å². The SMILES string of the molecule is CCOc1nc(Cl)nc(N2CC(C)C(C)C2)n1. The summed E-state index contributed by atoms with van der Waals surface area (Å²) in [5.74, 6) is 1.90. The van der Waals surface area contributed by atoms with Crippen molar-refractivity contribution >= 4 is 17.5 Å². The van der Waals surface area contributed by atoms with Crippen LogP contribution in [0, 0.1) is 11.8 Å². The predicted octanol–water partition coefficient (Wildman–Crippen LogP) is 2.02. The molecule has 2 unspecified atom stereocenters. The Morgan fingerprint density at radius 2 is 1.88 bits per heavy atom. The van der Waals surface area contributed by atoms with Gasteiger partial charge in [0, 0.05) is 13.1 Å². The molecule has 1 aliphatic heterocycles. The van der Waals surface area contributed by atoms with Crippen LogP contribution >= 0.6 is 11.6 Å². The number of anilines is 1. The summed E-state index contributed by atoms with van der Waals surface area (Å²) in [7, 11) is 0. The topological polar surface area (TPSA) is 51.1 Å². The summed E-state index contributed by atoms with van der Waals surface area (Å²) in [6, 6.07) is 0.301. The number of hydrogen-bond donors (Lipinski definition) is 0. The molecule has 0 amide bonds. The Kier molecular flexibility index (Phi) is 3.66. The smallest absolute Gasteiger partial charge is 0.322 e. The van der Waals surface area contributed by atoms with Crippen LogP contribution in [0.4, 0.5) is 5.95 Å². The third-order valence-corrected chi connectivity index (χ3v) is 3.29. The van der Waals surface area contributed by atoms with E-state index in [4.69, 9.17) is 16.3 Å². The fourth-order valence-corrected chi connectivity index (χ4v) is 2.10. The maximum Gasteiger partial charge on any atom is 0.322 e. The maximum absolute atomic E-state index is 5.87. The van der Waals surface area contributed by atoms with Gasteiger partial charge in [-0.05, 0) is 30.4 Å². The average molecular weight is 257 g/mol. The highest BCUT2D eigenvalue weighted by atomic mass is 35.5. The fraction of sp³-hybridized carbons (Fsp3) is 0.727. The van der Waals surface area contributed by atoms with E-state index in [1.807, 2.05) is 6.92 Å². The molecule has 2 rings (SSSR count). The van der Waals surface area contributed by atoms with Crippen molar-refractivity contribution < 1.29 is 4.74 Å². The minimum atomic E-state index is 0.186. The van der Waals surface area contributed by atoms with Crippen LogP contribution in [0.3, 0.4) is 0 Å². The molecule has 2 atom stereocenters. The van der Waals surface area contributed by atoms with Gasteiger partial charge in [-0.1, -0.05) is 13.8 Å². The maximum atomic E-state index is 5.87. The summed E-state index contributed by atoms with van der Waals surface area (Å²) in [6.45, 7) is 8.78. The van der Waals surface area contributed by atoms with E-state index in [2.05, 4.69) is 33.7 Å². The van der Waals surface area contributed by atoms with E-state index in [1.54, 1.807) is 0 Å². The lowest BCUT2D eigenvalue weighted by molar-refractivity contribution is 0.311. The van der Waals surface area contributed by atoms with Crippen LogP contribution in [-0.4, -0.2) is 34.6 Å². The van der Waals surface area contributed by atoms with Gasteiger partial charge in [-0.15, -0.1) is 0 Å². The molecular formula is C11H17ClN4O. The van der Waals surface area contributed by atoms with E-state index in [0.29, 0.717) is 30.4 Å². The summed E-state index contributed by atoms with van der Waals surface area (Å²) < 4.78 is 5.27. The third kappa shape index (κ3) is 2.77. The molecule has 1 saturated heterocycles. The lowest BCUT2D eigenvalue weighted by Crippen LogP contribution is -2.22. The average Bonchev–Trinajstić information content (AvgIpc) is 2.59. The molecule has 0 aromatic carbocycles. The van der Waals surface area contributed by atoms with Crippen molar-refractivity contribution in [3.8, 4) is 6.01 Å². The van der Waals surface area contributed by atoms with Crippen molar-refractivity contribution in [3.05, 3.63) is 5.28 Å². The molecular weight excluding hydrogens is 240 g/mol. The van der Waals surface area contributed by atoms with Crippen molar-refractivity contribution in [3.63, 3.8) is 0 Å². The normalized spacial score (nSPS) is 24.1. The minimum Gasteiger partial charge on any atom is -0.464 e. The van der Waals surface area contributed by atoms with Crippen LogP contribution in [-0.2, 0) is 0 Å². The molecule has 0 saturated carbocycles. The first-order valence-electron chi connectivity index (χ1n) is 5.89. The molecule has 0 bridgehead atoms. The fourth-order valence-electron chi connectivity index (χ4n) is 1.95. The number of halogens is 1. The summed E-state index contributed by atoms with van der Waals surface area (Å²) in [5.41, 5.74) is 0. The van der Waals surface area contributed by atoms with Gasteiger partial charge in [0.25, 0.3) is 0 Å². The molecule has 0 radical (unpaired) electrons. The van der Waals surface area contributed by atoms with Crippen molar-refractivity contribution in [1.29, 1.82) is 0 Å². The quantitative estimate of drug-likeness (QED) is 0.828. The molecule has 2 heterocycles. The minimum absolute atomic E-state index is 0.186. The molecule has 94 valence electrons. The van der Waals surface area contributed by atoms with Gasteiger partial charge >= 0.3 is 6.01 Å². The number of hydrogen-bond acceptors (Lipinski definition) is 5. The first kappa shape index (κ1) is 12.4. The Morgan fingerprint density at radius 3 is 2.47 bits per heavy atom. The first-order chi connectivity index (χ1) is 8.10. The zero-order chi connectivity index (χ0) is 12.4. The Balaban J connectivity index is 2.20. The summed E-state index contributed by atoms with van der Waals surface area (Å²) in [5, 5.41) is 0.186. The molecule has 0 spiro atoms. The highest BCUT2D eigenvalue weighted by molar-refractivity contribution is 6.28. The first-order valence-corrected chi connectivity index (χ1v) is 6.27. The molecule has 5 nitrogen and oxygen atoms in total. The van der Waals surface area contributed by atoms with Gasteiger partial charge in [0.2, 0.25) is 11.2 Å². The molecule has 1 aromatic heterocycles. The molecule has 1 aromatic rings. The van der Waals surface area contributed by atoms with Crippen molar-refractivity contribution in [2.75, 3.05) is 24.6 Å². The largest absolute Gasteiger partial charge is 0.464 e. The molecule has 0 N–H and O–H groups in total. The summed E-state index contributed by atoms with van der Waals surface area (Å²) in [4.78, 5) is 14.5. The van der Waals surface area contributed by atoms with Gasteiger partial charge in [-0.2, -0.15) is 15.0 Å². The second kappa shape index (κ2) is 5.04. The Bertz CT molecular complexity index is 391. The van der Waals surface area contributed by atoms with E-state index in [9.17, 15) is 0 Å². The van der Waals surface area contributed by atoms with Crippen LogP contribution in [0.25, 0.3) is 0 Å². The van der Waals surface area contributed by atoms with E-state index in [-0.39, 0.29) is 5.28 Å². The van der Waals surface area contributed by atoms with Gasteiger partial charge < -0.3 is 9.64 Å². The lowest BCUT2D eigenvalue weighted by atomic mass is 10.0. The van der Waals surface area contributed by atoms with Crippen LogP contribution in [0.2, 0.25) is 5.28 Å². The van der Waals surface area contributed by atoms with Crippen molar-refractivity contribution in [2.24, 2.45) is 11.8 Å². The van der Waals surface area contributed by atoms with E-state index >= 15 is 0 Å². The monoisotopic (exact) mass is 256 g/mol. The van der Waals surface area contributed by atoms with Gasteiger partial charge in [0.05, 0.1) is 6.61 Å². The van der Waals surface area contributed by atoms with Crippen molar-refractivity contribution in [2.45, 2.75) is 20.8 Å². The van der Waals surface area contributed by atoms with Crippen LogP contribution in [0.15, 0.2) is 0 Å². The van der Waals surface area contributed by atoms with E-state index < -0.39 is 0 Å². The third-order valence-electron chi connectivity index (χ3n) is 3.12. The van der Waals surface area contributed by atoms with Gasteiger partial charge in [0.1, 0.15) is 0 Å². The second-order valence-corrected chi connectivity index (χ2v) is 4.82. The van der Waals surface area contributed by atoms with Crippen LogP contribution in [0.5, 0.6) is 6.01 Å². The van der Waals surface area contributed by atoms with E-state index in [1.165, 1.54) is 0 Å². The highest BCUT2D eigenvalue weighted by Gasteiger charge is 2.28. The van der Waals surface area contributed by atoms with E-state index in [0.717, 1.165) is 13.1 Å². The predicted molar refractivity (Wildman–Crippen MR) is 66.5 cm³/mol. The molecule has 17 heavy (non-hydrogen) atoms. The number of nitrogens with zero attached hydrogens (tertiary/aromatic N) is 4. The van der Waals surface area contributed by atoms with Crippen molar-refractivity contribution in [1.82, 2.24) is 15.0 Å². The Labute approximate surface area is 106 Å². The molecule has 0 aliphatic carbocycles. The number of ether oxygens (including phenoxy) is 1. The summed E-state index contributed by atoms with van der Waals surface area (Å²) in [6.07, 6.45) is 0. The Morgan fingerprint density at radius 1 is 1.24 bits per heavy atom. The zero-order valence-electron chi connectivity index (χ0n) is 10.4. The molecule has 1 aliphatic rings. The molecule has 1 fully saturated rings. The van der Waals surface area contributed by atoms with Gasteiger partial charge in [-0.3, -0.25) is 0 Å². The number of rotatable bonds is 3. The standard InChI is InChI=1S/C11H17ClN4O/c1-4-17-11-14-9(12)13-10(15-11)16-5-7(2)8(3)6-16/h7-8H,4-6H2,1-3H3. The number of aromatic nitrogens is 3. The second-order valence-electron chi connectivity index (χ2n) is 4.48. The zero-order valence-corrected chi connectivity index (χ0v) is 11.1. The lowest BCUT2D eigenvalue weighted by Gasteiger charge is -2.16. The van der Waals surface area contributed by atoms with Gasteiger partial charge in [0.15, 0.2) is 0 Å². The highest BCUT2D eigenvalue weighted by Crippen LogP contribution is 2.26. The van der Waals surface area contributed by atoms with Crippen LogP contribution < -0.4 is 9.64 Å². The summed E-state index contributed by atoms with van der Waals surface area (Å²) >= 11 is 5.87.